The van der Waals surface area contributed by atoms with Crippen LogP contribution in [0.4, 0.5) is 0 Å². The molecule has 0 bridgehead atoms. The Morgan fingerprint density at radius 2 is 1.52 bits per heavy atom. The monoisotopic (exact) mass is 395 g/mol. The molecule has 0 spiro atoms. The van der Waals surface area contributed by atoms with E-state index in [2.05, 4.69) is 84.0 Å². The lowest BCUT2D eigenvalue weighted by molar-refractivity contribution is 0.102. The fourth-order valence-electron chi connectivity index (χ4n) is 3.69. The van der Waals surface area contributed by atoms with E-state index in [0.717, 1.165) is 31.6 Å². The zero-order valence-corrected chi connectivity index (χ0v) is 19.3. The van der Waals surface area contributed by atoms with E-state index in [1.54, 1.807) is 0 Å². The van der Waals surface area contributed by atoms with Crippen LogP contribution in [0.5, 0.6) is 5.75 Å². The average Bonchev–Trinajstić information content (AvgIpc) is 2.65. The third-order valence-corrected chi connectivity index (χ3v) is 4.95. The molecular formula is C27H39O2. The maximum atomic E-state index is 6.08. The molecule has 0 aromatic heterocycles. The number of hydrogen-bond donors (Lipinski definition) is 0. The molecule has 0 aliphatic rings. The zero-order chi connectivity index (χ0) is 21.2. The molecule has 1 radical (unpaired) electrons. The van der Waals surface area contributed by atoms with Crippen molar-refractivity contribution in [1.82, 2.24) is 0 Å². The summed E-state index contributed by atoms with van der Waals surface area (Å²) in [6, 6.07) is 15.3. The topological polar surface area (TPSA) is 18.5 Å². The number of benzene rings is 2. The third-order valence-electron chi connectivity index (χ3n) is 4.95. The molecule has 2 nitrogen and oxygen atoms in total. The normalized spacial score (nSPS) is 11.6. The van der Waals surface area contributed by atoms with Gasteiger partial charge in [0.05, 0.1) is 13.2 Å². The van der Waals surface area contributed by atoms with E-state index < -0.39 is 0 Å². The highest BCUT2D eigenvalue weighted by Crippen LogP contribution is 2.25. The average molecular weight is 396 g/mol. The SMILES string of the molecule is C[C](C)c1ccccc1CCOCCOc1ccc(CC(C)C)cc1CC(C)C. The van der Waals surface area contributed by atoms with Crippen molar-refractivity contribution in [1.29, 1.82) is 0 Å². The Morgan fingerprint density at radius 3 is 2.21 bits per heavy atom. The van der Waals surface area contributed by atoms with E-state index in [4.69, 9.17) is 9.47 Å². The van der Waals surface area contributed by atoms with Crippen LogP contribution in [0.2, 0.25) is 0 Å². The Kier molecular flexibility index (Phi) is 9.73. The molecule has 0 unspecified atom stereocenters. The van der Waals surface area contributed by atoms with Gasteiger partial charge in [0.15, 0.2) is 0 Å². The van der Waals surface area contributed by atoms with E-state index in [1.807, 2.05) is 0 Å². The fourth-order valence-corrected chi connectivity index (χ4v) is 3.69. The van der Waals surface area contributed by atoms with Gasteiger partial charge in [0.25, 0.3) is 0 Å². The van der Waals surface area contributed by atoms with Crippen LogP contribution in [-0.2, 0) is 24.0 Å². The Hall–Kier alpha value is -1.80. The maximum absolute atomic E-state index is 6.08. The minimum atomic E-state index is 0.592. The van der Waals surface area contributed by atoms with Gasteiger partial charge in [-0.3, -0.25) is 0 Å². The van der Waals surface area contributed by atoms with Crippen LogP contribution in [0.3, 0.4) is 0 Å². The van der Waals surface area contributed by atoms with E-state index in [9.17, 15) is 0 Å². The van der Waals surface area contributed by atoms with Crippen LogP contribution >= 0.6 is 0 Å². The third kappa shape index (κ3) is 8.22. The van der Waals surface area contributed by atoms with E-state index in [1.165, 1.54) is 28.2 Å². The molecule has 0 saturated carbocycles. The standard InChI is InChI=1S/C27H39O2/c1-20(2)17-23-11-12-27(25(19-23)18-21(3)4)29-16-15-28-14-13-24-9-7-8-10-26(24)22(5)6/h7-12,19-21H,13-18H2,1-6H3. The molecule has 0 aliphatic heterocycles. The van der Waals surface area contributed by atoms with Gasteiger partial charge in [-0.25, -0.2) is 0 Å². The summed E-state index contributed by atoms with van der Waals surface area (Å²) in [7, 11) is 0. The quantitative estimate of drug-likeness (QED) is 0.373. The van der Waals surface area contributed by atoms with Gasteiger partial charge >= 0.3 is 0 Å². The molecule has 0 N–H and O–H groups in total. The number of hydrogen-bond acceptors (Lipinski definition) is 2. The first-order valence-corrected chi connectivity index (χ1v) is 11.1. The Balaban J connectivity index is 1.82. The first-order chi connectivity index (χ1) is 13.9. The highest BCUT2D eigenvalue weighted by molar-refractivity contribution is 5.38. The summed E-state index contributed by atoms with van der Waals surface area (Å²) in [6.45, 7) is 15.3. The molecule has 0 amide bonds. The number of rotatable bonds is 12. The molecule has 2 heteroatoms. The van der Waals surface area contributed by atoms with Crippen LogP contribution in [-0.4, -0.2) is 19.8 Å². The van der Waals surface area contributed by atoms with Crippen molar-refractivity contribution in [2.24, 2.45) is 11.8 Å². The van der Waals surface area contributed by atoms with Crippen molar-refractivity contribution in [2.45, 2.75) is 60.8 Å². The van der Waals surface area contributed by atoms with E-state index in [0.29, 0.717) is 25.0 Å². The van der Waals surface area contributed by atoms with Gasteiger partial charge in [0.1, 0.15) is 12.4 Å². The van der Waals surface area contributed by atoms with Gasteiger partial charge in [0.2, 0.25) is 0 Å². The van der Waals surface area contributed by atoms with Crippen LogP contribution in [0.25, 0.3) is 0 Å². The van der Waals surface area contributed by atoms with Crippen LogP contribution in [0.1, 0.15) is 63.8 Å². The summed E-state index contributed by atoms with van der Waals surface area (Å²) in [5.41, 5.74) is 5.42. The lowest BCUT2D eigenvalue weighted by Crippen LogP contribution is -2.11. The predicted molar refractivity (Wildman–Crippen MR) is 124 cm³/mol. The lowest BCUT2D eigenvalue weighted by Gasteiger charge is -2.16. The predicted octanol–water partition coefficient (Wildman–Crippen LogP) is 6.68. The van der Waals surface area contributed by atoms with Gasteiger partial charge in [0, 0.05) is 0 Å². The second-order valence-corrected chi connectivity index (χ2v) is 9.01. The molecular weight excluding hydrogens is 356 g/mol. The van der Waals surface area contributed by atoms with Gasteiger partial charge in [-0.05, 0) is 65.3 Å². The molecule has 159 valence electrons. The summed E-state index contributed by atoms with van der Waals surface area (Å²) in [5, 5.41) is 0. The molecule has 0 heterocycles. The smallest absolute Gasteiger partial charge is 0.122 e. The first kappa shape index (κ1) is 23.5. The van der Waals surface area contributed by atoms with E-state index >= 15 is 0 Å². The minimum Gasteiger partial charge on any atom is -0.491 e. The lowest BCUT2D eigenvalue weighted by atomic mass is 9.96. The molecule has 2 aromatic carbocycles. The molecule has 0 aliphatic carbocycles. The summed E-state index contributed by atoms with van der Waals surface area (Å²) in [6.07, 6.45) is 3.10. The summed E-state index contributed by atoms with van der Waals surface area (Å²) in [5.74, 6) is 3.64. The first-order valence-electron chi connectivity index (χ1n) is 11.1. The molecule has 0 atom stereocenters. The highest BCUT2D eigenvalue weighted by atomic mass is 16.5. The van der Waals surface area contributed by atoms with E-state index in [-0.39, 0.29) is 0 Å². The van der Waals surface area contributed by atoms with Gasteiger partial charge < -0.3 is 9.47 Å². The number of ether oxygens (including phenoxy) is 2. The fraction of sp³-hybridized carbons (Fsp3) is 0.519. The molecule has 29 heavy (non-hydrogen) atoms. The minimum absolute atomic E-state index is 0.592. The van der Waals surface area contributed by atoms with Crippen molar-refractivity contribution in [3.63, 3.8) is 0 Å². The second-order valence-electron chi connectivity index (χ2n) is 9.01. The Bertz CT molecular complexity index is 731. The van der Waals surface area contributed by atoms with Crippen molar-refractivity contribution in [2.75, 3.05) is 19.8 Å². The van der Waals surface area contributed by atoms with Crippen LogP contribution in [0.15, 0.2) is 42.5 Å². The van der Waals surface area contributed by atoms with Crippen molar-refractivity contribution < 1.29 is 9.47 Å². The largest absolute Gasteiger partial charge is 0.491 e. The molecule has 2 aromatic rings. The van der Waals surface area contributed by atoms with Crippen molar-refractivity contribution in [3.05, 3.63) is 70.6 Å². The molecule has 2 rings (SSSR count). The Labute approximate surface area is 178 Å². The van der Waals surface area contributed by atoms with Crippen molar-refractivity contribution >= 4 is 0 Å². The van der Waals surface area contributed by atoms with Crippen LogP contribution in [0, 0.1) is 17.8 Å². The van der Waals surface area contributed by atoms with Crippen LogP contribution < -0.4 is 4.74 Å². The summed E-state index contributed by atoms with van der Waals surface area (Å²) in [4.78, 5) is 0. The maximum Gasteiger partial charge on any atom is 0.122 e. The van der Waals surface area contributed by atoms with Gasteiger partial charge in [-0.1, -0.05) is 77.9 Å². The van der Waals surface area contributed by atoms with Crippen molar-refractivity contribution in [3.8, 4) is 5.75 Å². The molecule has 0 saturated heterocycles. The Morgan fingerprint density at radius 1 is 0.793 bits per heavy atom. The second kappa shape index (κ2) is 12.0. The highest BCUT2D eigenvalue weighted by Gasteiger charge is 2.09. The summed E-state index contributed by atoms with van der Waals surface area (Å²) < 4.78 is 11.9. The zero-order valence-electron chi connectivity index (χ0n) is 19.3. The molecule has 0 fully saturated rings. The van der Waals surface area contributed by atoms with Gasteiger partial charge in [-0.2, -0.15) is 0 Å². The summed E-state index contributed by atoms with van der Waals surface area (Å²) >= 11 is 0. The van der Waals surface area contributed by atoms with Gasteiger partial charge in [-0.15, -0.1) is 0 Å².